The summed E-state index contributed by atoms with van der Waals surface area (Å²) < 4.78 is 38.5. The van der Waals surface area contributed by atoms with E-state index in [-0.39, 0.29) is 4.90 Å². The van der Waals surface area contributed by atoms with Gasteiger partial charge in [0.25, 0.3) is 0 Å². The molecule has 0 bridgehead atoms. The Morgan fingerprint density at radius 3 is 2.77 bits per heavy atom. The lowest BCUT2D eigenvalue weighted by Crippen LogP contribution is -2.29. The van der Waals surface area contributed by atoms with Crippen molar-refractivity contribution in [2.24, 2.45) is 0 Å². The summed E-state index contributed by atoms with van der Waals surface area (Å²) in [7, 11) is -3.55. The first-order valence-corrected chi connectivity index (χ1v) is 8.91. The molecule has 3 rings (SSSR count). The second kappa shape index (κ2) is 6.68. The smallest absolute Gasteiger partial charge is 0.240 e. The van der Waals surface area contributed by atoms with Crippen molar-refractivity contribution in [2.75, 3.05) is 32.8 Å². The first-order chi connectivity index (χ1) is 10.6. The number of hydrogen-bond acceptors (Lipinski definition) is 5. The molecule has 0 unspecified atom stereocenters. The first-order valence-electron chi connectivity index (χ1n) is 7.43. The van der Waals surface area contributed by atoms with Crippen molar-refractivity contribution in [1.82, 2.24) is 10.0 Å². The molecule has 0 saturated heterocycles. The molecule has 7 heteroatoms. The number of fused-ring (bicyclic) bond motifs is 1. The topological polar surface area (TPSA) is 76.7 Å². The third-order valence-electron chi connectivity index (χ3n) is 3.68. The van der Waals surface area contributed by atoms with E-state index in [0.717, 1.165) is 31.5 Å². The first kappa shape index (κ1) is 15.3. The van der Waals surface area contributed by atoms with Crippen LogP contribution in [0.3, 0.4) is 0 Å². The molecule has 2 aliphatic rings. The van der Waals surface area contributed by atoms with Crippen LogP contribution in [0.5, 0.6) is 11.5 Å². The Morgan fingerprint density at radius 2 is 2.00 bits per heavy atom. The van der Waals surface area contributed by atoms with Gasteiger partial charge in [0.15, 0.2) is 11.5 Å². The summed E-state index contributed by atoms with van der Waals surface area (Å²) in [6.45, 7) is 3.14. The molecule has 0 aromatic heterocycles. The second-order valence-electron chi connectivity index (χ2n) is 5.30. The molecule has 0 amide bonds. The number of nitrogens with one attached hydrogen (secondary N) is 2. The van der Waals surface area contributed by atoms with E-state index in [9.17, 15) is 8.42 Å². The maximum Gasteiger partial charge on any atom is 0.240 e. The molecule has 0 atom stereocenters. The zero-order valence-electron chi connectivity index (χ0n) is 12.3. The molecule has 0 radical (unpaired) electrons. The van der Waals surface area contributed by atoms with Gasteiger partial charge in [-0.3, -0.25) is 0 Å². The van der Waals surface area contributed by atoms with Crippen molar-refractivity contribution in [3.05, 3.63) is 29.8 Å². The van der Waals surface area contributed by atoms with Crippen molar-refractivity contribution in [3.8, 4) is 11.5 Å². The Morgan fingerprint density at radius 1 is 1.18 bits per heavy atom. The number of hydrogen-bond donors (Lipinski definition) is 2. The number of benzene rings is 1. The molecule has 0 spiro atoms. The van der Waals surface area contributed by atoms with Gasteiger partial charge in [0, 0.05) is 25.6 Å². The van der Waals surface area contributed by atoms with E-state index in [1.54, 1.807) is 12.1 Å². The lowest BCUT2D eigenvalue weighted by atomic mass is 10.1. The molecule has 120 valence electrons. The summed E-state index contributed by atoms with van der Waals surface area (Å²) in [5.41, 5.74) is 1.11. The molecule has 22 heavy (non-hydrogen) atoms. The fraction of sp³-hybridized carbons (Fsp3) is 0.467. The molecule has 1 aromatic rings. The van der Waals surface area contributed by atoms with E-state index in [4.69, 9.17) is 9.47 Å². The lowest BCUT2D eigenvalue weighted by molar-refractivity contribution is 0.297. The summed E-state index contributed by atoms with van der Waals surface area (Å²) in [5, 5.41) is 3.20. The van der Waals surface area contributed by atoms with Crippen molar-refractivity contribution < 1.29 is 17.9 Å². The van der Waals surface area contributed by atoms with Crippen molar-refractivity contribution in [2.45, 2.75) is 17.7 Å². The maximum atomic E-state index is 12.4. The molecular weight excluding hydrogens is 304 g/mol. The normalized spacial score (nSPS) is 18.5. The van der Waals surface area contributed by atoms with Crippen molar-refractivity contribution in [3.63, 3.8) is 0 Å². The third-order valence-corrected chi connectivity index (χ3v) is 5.08. The van der Waals surface area contributed by atoms with Crippen LogP contribution in [0.25, 0.3) is 0 Å². The van der Waals surface area contributed by atoms with E-state index in [1.165, 1.54) is 6.07 Å². The van der Waals surface area contributed by atoms with Gasteiger partial charge in [-0.2, -0.15) is 0 Å². The number of sulfonamides is 1. The second-order valence-corrected chi connectivity index (χ2v) is 7.07. The third kappa shape index (κ3) is 3.60. The number of ether oxygens (including phenoxy) is 2. The molecule has 0 aliphatic carbocycles. The standard InChI is InChI=1S/C15H20N2O4S/c18-22(19,17-11-12-4-6-16-7-5-12)13-2-3-14-15(10-13)21-9-1-8-20-14/h2-4,10,16-17H,1,5-9,11H2. The fourth-order valence-electron chi connectivity index (χ4n) is 2.41. The van der Waals surface area contributed by atoms with Crippen LogP contribution in [-0.4, -0.2) is 41.3 Å². The Labute approximate surface area is 130 Å². The van der Waals surface area contributed by atoms with Gasteiger partial charge in [-0.1, -0.05) is 11.6 Å². The summed E-state index contributed by atoms with van der Waals surface area (Å²) in [4.78, 5) is 0.200. The largest absolute Gasteiger partial charge is 0.490 e. The van der Waals surface area contributed by atoms with Gasteiger partial charge in [-0.25, -0.2) is 13.1 Å². The van der Waals surface area contributed by atoms with Gasteiger partial charge < -0.3 is 14.8 Å². The Balaban J connectivity index is 1.74. The summed E-state index contributed by atoms with van der Waals surface area (Å²) in [6, 6.07) is 4.73. The van der Waals surface area contributed by atoms with Gasteiger partial charge >= 0.3 is 0 Å². The van der Waals surface area contributed by atoms with Gasteiger partial charge in [0.05, 0.1) is 18.1 Å². The predicted molar refractivity (Wildman–Crippen MR) is 82.8 cm³/mol. The van der Waals surface area contributed by atoms with E-state index < -0.39 is 10.0 Å². The molecule has 2 heterocycles. The van der Waals surface area contributed by atoms with Gasteiger partial charge in [0.2, 0.25) is 10.0 Å². The van der Waals surface area contributed by atoms with Crippen LogP contribution in [0.15, 0.2) is 34.7 Å². The van der Waals surface area contributed by atoms with E-state index in [2.05, 4.69) is 10.0 Å². The number of rotatable bonds is 4. The summed E-state index contributed by atoms with van der Waals surface area (Å²) in [5.74, 6) is 1.08. The van der Waals surface area contributed by atoms with E-state index in [0.29, 0.717) is 31.3 Å². The Bertz CT molecular complexity index is 670. The fourth-order valence-corrected chi connectivity index (χ4v) is 3.46. The van der Waals surface area contributed by atoms with Crippen LogP contribution in [0.1, 0.15) is 12.8 Å². The van der Waals surface area contributed by atoms with Crippen LogP contribution in [0, 0.1) is 0 Å². The van der Waals surface area contributed by atoms with Crippen LogP contribution >= 0.6 is 0 Å². The molecule has 0 saturated carbocycles. The van der Waals surface area contributed by atoms with Gasteiger partial charge in [0.1, 0.15) is 0 Å². The maximum absolute atomic E-state index is 12.4. The van der Waals surface area contributed by atoms with Crippen LogP contribution in [0.4, 0.5) is 0 Å². The molecular formula is C15H20N2O4S. The highest BCUT2D eigenvalue weighted by Gasteiger charge is 2.19. The highest BCUT2D eigenvalue weighted by Crippen LogP contribution is 2.31. The molecule has 2 aliphatic heterocycles. The Hall–Kier alpha value is -1.57. The zero-order valence-corrected chi connectivity index (χ0v) is 13.1. The predicted octanol–water partition coefficient (Wildman–Crippen LogP) is 1.05. The molecule has 1 aromatic carbocycles. The van der Waals surface area contributed by atoms with Gasteiger partial charge in [-0.05, 0) is 25.1 Å². The minimum Gasteiger partial charge on any atom is -0.490 e. The average molecular weight is 324 g/mol. The van der Waals surface area contributed by atoms with Crippen molar-refractivity contribution in [1.29, 1.82) is 0 Å². The molecule has 2 N–H and O–H groups in total. The minimum atomic E-state index is -3.55. The summed E-state index contributed by atoms with van der Waals surface area (Å²) >= 11 is 0. The zero-order chi connectivity index (χ0) is 15.4. The van der Waals surface area contributed by atoms with Crippen LogP contribution < -0.4 is 19.5 Å². The van der Waals surface area contributed by atoms with Crippen LogP contribution in [-0.2, 0) is 10.0 Å². The van der Waals surface area contributed by atoms with Gasteiger partial charge in [-0.15, -0.1) is 0 Å². The van der Waals surface area contributed by atoms with E-state index >= 15 is 0 Å². The highest BCUT2D eigenvalue weighted by molar-refractivity contribution is 7.89. The average Bonchev–Trinajstić information content (AvgIpc) is 2.78. The van der Waals surface area contributed by atoms with Crippen molar-refractivity contribution >= 4 is 10.0 Å². The lowest BCUT2D eigenvalue weighted by Gasteiger charge is -2.15. The quantitative estimate of drug-likeness (QED) is 0.810. The monoisotopic (exact) mass is 324 g/mol. The molecule has 6 nitrogen and oxygen atoms in total. The van der Waals surface area contributed by atoms with E-state index in [1.807, 2.05) is 6.08 Å². The Kier molecular flexibility index (Phi) is 4.66. The minimum absolute atomic E-state index is 0.200. The SMILES string of the molecule is O=S(=O)(NCC1=CCNCC1)c1ccc2c(c1)OCCCO2. The summed E-state index contributed by atoms with van der Waals surface area (Å²) in [6.07, 6.45) is 3.68. The van der Waals surface area contributed by atoms with Crippen LogP contribution in [0.2, 0.25) is 0 Å². The highest BCUT2D eigenvalue weighted by atomic mass is 32.2. The molecule has 0 fully saturated rings.